The molecule has 0 heterocycles. The highest BCUT2D eigenvalue weighted by molar-refractivity contribution is 5.82. The van der Waals surface area contributed by atoms with Gasteiger partial charge in [-0.05, 0) is 61.0 Å². The van der Waals surface area contributed by atoms with Gasteiger partial charge in [-0.3, -0.25) is 4.99 Å². The van der Waals surface area contributed by atoms with Crippen molar-refractivity contribution in [3.8, 4) is 11.5 Å². The molecule has 0 unspecified atom stereocenters. The SMILES string of the molecule is CCOc1ccc(/C=N/c2ccc(OC)cc2)cc1. The molecule has 0 aliphatic carbocycles. The molecule has 0 aromatic heterocycles. The predicted molar refractivity (Wildman–Crippen MR) is 77.9 cm³/mol. The standard InChI is InChI=1S/C16H17NO2/c1-3-19-16-8-4-13(5-9-16)12-17-14-6-10-15(18-2)11-7-14/h4-12H,3H2,1-2H3/b17-12+. The van der Waals surface area contributed by atoms with Gasteiger partial charge >= 0.3 is 0 Å². The second-order valence-electron chi connectivity index (χ2n) is 3.96. The summed E-state index contributed by atoms with van der Waals surface area (Å²) in [6.07, 6.45) is 1.83. The summed E-state index contributed by atoms with van der Waals surface area (Å²) >= 11 is 0. The van der Waals surface area contributed by atoms with E-state index < -0.39 is 0 Å². The maximum Gasteiger partial charge on any atom is 0.119 e. The minimum absolute atomic E-state index is 0.680. The molecule has 0 bridgehead atoms. The number of nitrogens with zero attached hydrogens (tertiary/aromatic N) is 1. The van der Waals surface area contributed by atoms with Gasteiger partial charge in [0.25, 0.3) is 0 Å². The van der Waals surface area contributed by atoms with Crippen molar-refractivity contribution in [1.29, 1.82) is 0 Å². The molecular formula is C16H17NO2. The van der Waals surface area contributed by atoms with Gasteiger partial charge in [0.1, 0.15) is 11.5 Å². The van der Waals surface area contributed by atoms with Gasteiger partial charge in [-0.25, -0.2) is 0 Å². The minimum atomic E-state index is 0.680. The molecule has 0 fully saturated rings. The van der Waals surface area contributed by atoms with Crippen LogP contribution in [0.3, 0.4) is 0 Å². The molecule has 3 heteroatoms. The van der Waals surface area contributed by atoms with Gasteiger partial charge < -0.3 is 9.47 Å². The Morgan fingerprint density at radius 1 is 0.947 bits per heavy atom. The summed E-state index contributed by atoms with van der Waals surface area (Å²) in [5.41, 5.74) is 1.94. The lowest BCUT2D eigenvalue weighted by Crippen LogP contribution is -1.91. The molecule has 0 aliphatic rings. The number of ether oxygens (including phenoxy) is 2. The molecule has 0 atom stereocenters. The normalized spacial score (nSPS) is 10.6. The molecule has 0 N–H and O–H groups in total. The molecule has 19 heavy (non-hydrogen) atoms. The third-order valence-corrected chi connectivity index (χ3v) is 2.63. The van der Waals surface area contributed by atoms with Crippen LogP contribution in [-0.4, -0.2) is 19.9 Å². The maximum absolute atomic E-state index is 5.39. The van der Waals surface area contributed by atoms with Gasteiger partial charge in [0, 0.05) is 6.21 Å². The number of methoxy groups -OCH3 is 1. The second kappa shape index (κ2) is 6.59. The van der Waals surface area contributed by atoms with Gasteiger partial charge in [0.15, 0.2) is 0 Å². The van der Waals surface area contributed by atoms with Crippen molar-refractivity contribution in [2.75, 3.05) is 13.7 Å². The fourth-order valence-electron chi connectivity index (χ4n) is 1.63. The average molecular weight is 255 g/mol. The molecule has 3 nitrogen and oxygen atoms in total. The van der Waals surface area contributed by atoms with Crippen LogP contribution in [0.2, 0.25) is 0 Å². The molecule has 0 radical (unpaired) electrons. The maximum atomic E-state index is 5.39. The third-order valence-electron chi connectivity index (χ3n) is 2.63. The molecule has 0 spiro atoms. The first-order valence-corrected chi connectivity index (χ1v) is 6.23. The van der Waals surface area contributed by atoms with Crippen molar-refractivity contribution < 1.29 is 9.47 Å². The molecule has 0 saturated carbocycles. The fourth-order valence-corrected chi connectivity index (χ4v) is 1.63. The smallest absolute Gasteiger partial charge is 0.119 e. The van der Waals surface area contributed by atoms with Gasteiger partial charge in [-0.2, -0.15) is 0 Å². The van der Waals surface area contributed by atoms with Crippen molar-refractivity contribution in [3.63, 3.8) is 0 Å². The Morgan fingerprint density at radius 2 is 1.58 bits per heavy atom. The van der Waals surface area contributed by atoms with Crippen molar-refractivity contribution >= 4 is 11.9 Å². The summed E-state index contributed by atoms with van der Waals surface area (Å²) in [7, 11) is 1.65. The molecule has 2 aromatic rings. The summed E-state index contributed by atoms with van der Waals surface area (Å²) in [4.78, 5) is 4.41. The number of benzene rings is 2. The van der Waals surface area contributed by atoms with E-state index in [0.29, 0.717) is 6.61 Å². The van der Waals surface area contributed by atoms with Crippen LogP contribution in [0.1, 0.15) is 12.5 Å². The summed E-state index contributed by atoms with van der Waals surface area (Å²) in [5, 5.41) is 0. The first-order chi connectivity index (χ1) is 9.31. The van der Waals surface area contributed by atoms with E-state index in [1.807, 2.05) is 61.7 Å². The summed E-state index contributed by atoms with van der Waals surface area (Å²) < 4.78 is 10.5. The quantitative estimate of drug-likeness (QED) is 0.760. The van der Waals surface area contributed by atoms with Crippen molar-refractivity contribution in [2.45, 2.75) is 6.92 Å². The first kappa shape index (κ1) is 13.1. The molecular weight excluding hydrogens is 238 g/mol. The van der Waals surface area contributed by atoms with E-state index in [1.54, 1.807) is 7.11 Å². The highest BCUT2D eigenvalue weighted by Gasteiger charge is 1.93. The van der Waals surface area contributed by atoms with E-state index in [4.69, 9.17) is 9.47 Å². The van der Waals surface area contributed by atoms with Gasteiger partial charge in [0.05, 0.1) is 19.4 Å². The van der Waals surface area contributed by atoms with Crippen molar-refractivity contribution in [1.82, 2.24) is 0 Å². The molecule has 2 aromatic carbocycles. The van der Waals surface area contributed by atoms with E-state index in [9.17, 15) is 0 Å². The van der Waals surface area contributed by atoms with Crippen LogP contribution in [-0.2, 0) is 0 Å². The lowest BCUT2D eigenvalue weighted by Gasteiger charge is -2.02. The first-order valence-electron chi connectivity index (χ1n) is 6.23. The van der Waals surface area contributed by atoms with Crippen molar-refractivity contribution in [2.24, 2.45) is 4.99 Å². The Kier molecular flexibility index (Phi) is 4.56. The Hall–Kier alpha value is -2.29. The number of aliphatic imine (C=N–C) groups is 1. The van der Waals surface area contributed by atoms with Gasteiger partial charge in [-0.15, -0.1) is 0 Å². The van der Waals surface area contributed by atoms with Crippen LogP contribution in [0.4, 0.5) is 5.69 Å². The van der Waals surface area contributed by atoms with E-state index >= 15 is 0 Å². The zero-order chi connectivity index (χ0) is 13.5. The van der Waals surface area contributed by atoms with Crippen LogP contribution in [0.15, 0.2) is 53.5 Å². The van der Waals surface area contributed by atoms with Gasteiger partial charge in [0.2, 0.25) is 0 Å². The fraction of sp³-hybridized carbons (Fsp3) is 0.188. The Balaban J connectivity index is 2.04. The molecule has 0 saturated heterocycles. The molecule has 0 amide bonds. The van der Waals surface area contributed by atoms with Gasteiger partial charge in [-0.1, -0.05) is 0 Å². The number of rotatable bonds is 5. The second-order valence-corrected chi connectivity index (χ2v) is 3.96. The van der Waals surface area contributed by atoms with Crippen LogP contribution in [0, 0.1) is 0 Å². The van der Waals surface area contributed by atoms with Crippen molar-refractivity contribution in [3.05, 3.63) is 54.1 Å². The molecule has 98 valence electrons. The van der Waals surface area contributed by atoms with E-state index in [-0.39, 0.29) is 0 Å². The van der Waals surface area contributed by atoms with Crippen LogP contribution >= 0.6 is 0 Å². The van der Waals surface area contributed by atoms with E-state index in [0.717, 1.165) is 22.7 Å². The number of hydrogen-bond acceptors (Lipinski definition) is 3. The Morgan fingerprint density at radius 3 is 2.16 bits per heavy atom. The summed E-state index contributed by atoms with van der Waals surface area (Å²) in [5.74, 6) is 1.71. The topological polar surface area (TPSA) is 30.8 Å². The predicted octanol–water partition coefficient (Wildman–Crippen LogP) is 3.84. The largest absolute Gasteiger partial charge is 0.497 e. The Labute approximate surface area is 113 Å². The van der Waals surface area contributed by atoms with E-state index in [2.05, 4.69) is 4.99 Å². The summed E-state index contributed by atoms with van der Waals surface area (Å²) in [6, 6.07) is 15.5. The summed E-state index contributed by atoms with van der Waals surface area (Å²) in [6.45, 7) is 2.65. The number of hydrogen-bond donors (Lipinski definition) is 0. The third kappa shape index (κ3) is 3.85. The zero-order valence-corrected chi connectivity index (χ0v) is 11.2. The van der Waals surface area contributed by atoms with Crippen LogP contribution in [0.5, 0.6) is 11.5 Å². The van der Waals surface area contributed by atoms with Crippen LogP contribution in [0.25, 0.3) is 0 Å². The molecule has 0 aliphatic heterocycles. The minimum Gasteiger partial charge on any atom is -0.497 e. The average Bonchev–Trinajstić information content (AvgIpc) is 2.47. The van der Waals surface area contributed by atoms with E-state index in [1.165, 1.54) is 0 Å². The lowest BCUT2D eigenvalue weighted by atomic mass is 10.2. The zero-order valence-electron chi connectivity index (χ0n) is 11.2. The highest BCUT2D eigenvalue weighted by Crippen LogP contribution is 2.18. The monoisotopic (exact) mass is 255 g/mol. The molecule has 2 rings (SSSR count). The lowest BCUT2D eigenvalue weighted by molar-refractivity contribution is 0.340. The highest BCUT2D eigenvalue weighted by atomic mass is 16.5. The Bertz CT molecular complexity index is 530. The van der Waals surface area contributed by atoms with Crippen LogP contribution < -0.4 is 9.47 Å².